The van der Waals surface area contributed by atoms with Crippen molar-refractivity contribution in [1.29, 1.82) is 5.26 Å². The Kier molecular flexibility index (Phi) is 5.80. The zero-order chi connectivity index (χ0) is 21.8. The highest BCUT2D eigenvalue weighted by Crippen LogP contribution is 2.24. The quantitative estimate of drug-likeness (QED) is 0.506. The number of nitrogens with zero attached hydrogens (tertiary/aromatic N) is 3. The van der Waals surface area contributed by atoms with E-state index in [9.17, 15) is 14.9 Å². The van der Waals surface area contributed by atoms with Crippen LogP contribution in [-0.2, 0) is 4.79 Å². The number of benzene rings is 1. The first-order chi connectivity index (χ1) is 15.0. The number of amides is 1. The molecule has 0 unspecified atom stereocenters. The first-order valence-electron chi connectivity index (χ1n) is 10.2. The molecule has 1 N–H and O–H groups in total. The highest BCUT2D eigenvalue weighted by molar-refractivity contribution is 6.02. The molecule has 3 aromatic rings. The van der Waals surface area contributed by atoms with Crippen LogP contribution in [-0.4, -0.2) is 21.3 Å². The molecule has 0 aliphatic heterocycles. The number of carbonyl (C=O) groups is 1. The molecule has 1 amide bonds. The Morgan fingerprint density at radius 2 is 1.97 bits per heavy atom. The largest absolute Gasteiger partial charge is 0.438 e. The minimum absolute atomic E-state index is 0.0430. The van der Waals surface area contributed by atoms with Crippen molar-refractivity contribution in [3.63, 3.8) is 0 Å². The van der Waals surface area contributed by atoms with Gasteiger partial charge in [0, 0.05) is 12.2 Å². The van der Waals surface area contributed by atoms with E-state index in [2.05, 4.69) is 10.3 Å². The van der Waals surface area contributed by atoms with Crippen LogP contribution < -0.4 is 15.6 Å². The van der Waals surface area contributed by atoms with Crippen molar-refractivity contribution in [2.45, 2.75) is 38.6 Å². The molecule has 156 valence electrons. The number of ether oxygens (including phenoxy) is 1. The Morgan fingerprint density at radius 1 is 1.23 bits per heavy atom. The molecule has 2 aromatic heterocycles. The second-order valence-corrected chi connectivity index (χ2v) is 7.60. The summed E-state index contributed by atoms with van der Waals surface area (Å²) in [6.07, 6.45) is 6.76. The molecule has 1 aromatic carbocycles. The van der Waals surface area contributed by atoms with Crippen molar-refractivity contribution < 1.29 is 9.53 Å². The molecule has 4 rings (SSSR count). The third-order valence-electron chi connectivity index (χ3n) is 5.31. The van der Waals surface area contributed by atoms with Crippen LogP contribution in [0.5, 0.6) is 11.6 Å². The summed E-state index contributed by atoms with van der Waals surface area (Å²) in [4.78, 5) is 30.3. The lowest BCUT2D eigenvalue weighted by Gasteiger charge is -2.12. The van der Waals surface area contributed by atoms with E-state index in [1.807, 2.05) is 25.1 Å². The van der Waals surface area contributed by atoms with E-state index in [1.54, 1.807) is 36.5 Å². The molecule has 2 heterocycles. The highest BCUT2D eigenvalue weighted by atomic mass is 16.5. The highest BCUT2D eigenvalue weighted by Gasteiger charge is 2.21. The van der Waals surface area contributed by atoms with Crippen LogP contribution in [0.3, 0.4) is 0 Å². The fraction of sp³-hybridized carbons (Fsp3) is 0.250. The summed E-state index contributed by atoms with van der Waals surface area (Å²) >= 11 is 0. The van der Waals surface area contributed by atoms with Gasteiger partial charge >= 0.3 is 0 Å². The molecule has 7 nitrogen and oxygen atoms in total. The lowest BCUT2D eigenvalue weighted by molar-refractivity contribution is -0.117. The number of nitriles is 1. The molecule has 1 saturated carbocycles. The standard InChI is InChI=1S/C24H22N4O3/c1-16-9-11-19(12-10-16)31-23-20(24(30)28-13-5-4-8-21(28)27-23)14-17(15-25)22(29)26-18-6-2-3-7-18/h4-5,8-14,18H,2-3,6-7H2,1H3,(H,26,29). The fourth-order valence-electron chi connectivity index (χ4n) is 3.63. The van der Waals surface area contributed by atoms with Gasteiger partial charge in [0.15, 0.2) is 0 Å². The summed E-state index contributed by atoms with van der Waals surface area (Å²) in [7, 11) is 0. The molecule has 1 aliphatic carbocycles. The maximum atomic E-state index is 13.2. The average Bonchev–Trinajstić information content (AvgIpc) is 3.28. The van der Waals surface area contributed by atoms with Gasteiger partial charge in [-0.15, -0.1) is 0 Å². The van der Waals surface area contributed by atoms with Crippen molar-refractivity contribution in [2.24, 2.45) is 0 Å². The SMILES string of the molecule is Cc1ccc(Oc2nc3ccccn3c(=O)c2C=C(C#N)C(=O)NC2CCCC2)cc1. The molecule has 0 atom stereocenters. The van der Waals surface area contributed by atoms with Gasteiger partial charge in [-0.05, 0) is 50.1 Å². The Bertz CT molecular complexity index is 1250. The van der Waals surface area contributed by atoms with Gasteiger partial charge in [-0.2, -0.15) is 10.2 Å². The summed E-state index contributed by atoms with van der Waals surface area (Å²) in [5.41, 5.74) is 0.932. The number of nitrogens with one attached hydrogen (secondary N) is 1. The number of aryl methyl sites for hydroxylation is 1. The van der Waals surface area contributed by atoms with Gasteiger partial charge in [0.25, 0.3) is 11.5 Å². The number of hydrogen-bond donors (Lipinski definition) is 1. The van der Waals surface area contributed by atoms with E-state index in [4.69, 9.17) is 4.74 Å². The van der Waals surface area contributed by atoms with Gasteiger partial charge in [0.1, 0.15) is 28.6 Å². The minimum Gasteiger partial charge on any atom is -0.438 e. The van der Waals surface area contributed by atoms with Crippen LogP contribution in [0.2, 0.25) is 0 Å². The van der Waals surface area contributed by atoms with Gasteiger partial charge in [0.2, 0.25) is 5.88 Å². The molecule has 31 heavy (non-hydrogen) atoms. The molecular weight excluding hydrogens is 392 g/mol. The second kappa shape index (κ2) is 8.84. The maximum absolute atomic E-state index is 13.2. The summed E-state index contributed by atoms with van der Waals surface area (Å²) in [6.45, 7) is 1.96. The van der Waals surface area contributed by atoms with Gasteiger partial charge in [-0.25, -0.2) is 0 Å². The smallest absolute Gasteiger partial charge is 0.269 e. The normalized spacial score (nSPS) is 14.4. The van der Waals surface area contributed by atoms with Crippen molar-refractivity contribution in [2.75, 3.05) is 0 Å². The lowest BCUT2D eigenvalue weighted by atomic mass is 10.1. The zero-order valence-corrected chi connectivity index (χ0v) is 17.2. The predicted molar refractivity (Wildman–Crippen MR) is 117 cm³/mol. The number of fused-ring (bicyclic) bond motifs is 1. The summed E-state index contributed by atoms with van der Waals surface area (Å²) < 4.78 is 7.26. The van der Waals surface area contributed by atoms with E-state index >= 15 is 0 Å². The van der Waals surface area contributed by atoms with Crippen molar-refractivity contribution in [1.82, 2.24) is 14.7 Å². The zero-order valence-electron chi connectivity index (χ0n) is 17.2. The maximum Gasteiger partial charge on any atom is 0.269 e. The predicted octanol–water partition coefficient (Wildman–Crippen LogP) is 3.76. The summed E-state index contributed by atoms with van der Waals surface area (Å²) in [5, 5.41) is 12.5. The number of pyridine rings is 1. The minimum atomic E-state index is -0.492. The molecule has 0 saturated heterocycles. The summed E-state index contributed by atoms with van der Waals surface area (Å²) in [5.74, 6) is 0.0519. The molecule has 7 heteroatoms. The Morgan fingerprint density at radius 3 is 2.68 bits per heavy atom. The topological polar surface area (TPSA) is 96.5 Å². The van der Waals surface area contributed by atoms with Crippen LogP contribution in [0.15, 0.2) is 59.0 Å². The van der Waals surface area contributed by atoms with Crippen molar-refractivity contribution in [3.8, 4) is 17.7 Å². The first kappa shape index (κ1) is 20.4. The van der Waals surface area contributed by atoms with Gasteiger partial charge < -0.3 is 10.1 Å². The van der Waals surface area contributed by atoms with Crippen LogP contribution in [0, 0.1) is 18.3 Å². The van der Waals surface area contributed by atoms with Gasteiger partial charge in [-0.3, -0.25) is 14.0 Å². The van der Waals surface area contributed by atoms with Gasteiger partial charge in [-0.1, -0.05) is 36.6 Å². The van der Waals surface area contributed by atoms with Crippen LogP contribution in [0.25, 0.3) is 11.7 Å². The first-order valence-corrected chi connectivity index (χ1v) is 10.2. The van der Waals surface area contributed by atoms with E-state index < -0.39 is 11.5 Å². The van der Waals surface area contributed by atoms with Gasteiger partial charge in [0.05, 0.1) is 0 Å². The Labute approximate surface area is 179 Å². The van der Waals surface area contributed by atoms with Crippen LogP contribution in [0.4, 0.5) is 0 Å². The third kappa shape index (κ3) is 4.48. The van der Waals surface area contributed by atoms with Crippen molar-refractivity contribution >= 4 is 17.6 Å². The fourth-order valence-corrected chi connectivity index (χ4v) is 3.63. The number of rotatable bonds is 5. The Balaban J connectivity index is 1.78. The Hall–Kier alpha value is -3.92. The van der Waals surface area contributed by atoms with E-state index in [0.29, 0.717) is 11.4 Å². The lowest BCUT2D eigenvalue weighted by Crippen LogP contribution is -2.33. The van der Waals surface area contributed by atoms with Crippen LogP contribution >= 0.6 is 0 Å². The van der Waals surface area contributed by atoms with E-state index in [0.717, 1.165) is 31.2 Å². The molecular formula is C24H22N4O3. The van der Waals surface area contributed by atoms with Crippen LogP contribution in [0.1, 0.15) is 36.8 Å². The molecule has 0 spiro atoms. The number of aromatic nitrogens is 2. The number of hydrogen-bond acceptors (Lipinski definition) is 5. The summed E-state index contributed by atoms with van der Waals surface area (Å²) in [6, 6.07) is 14.5. The average molecular weight is 414 g/mol. The molecule has 0 bridgehead atoms. The molecule has 0 radical (unpaired) electrons. The van der Waals surface area contributed by atoms with E-state index in [1.165, 1.54) is 10.5 Å². The van der Waals surface area contributed by atoms with Crippen molar-refractivity contribution in [3.05, 3.63) is 75.7 Å². The number of carbonyl (C=O) groups excluding carboxylic acids is 1. The third-order valence-corrected chi connectivity index (χ3v) is 5.31. The van der Waals surface area contributed by atoms with E-state index in [-0.39, 0.29) is 23.1 Å². The monoisotopic (exact) mass is 414 g/mol. The molecule has 1 fully saturated rings. The molecule has 1 aliphatic rings. The second-order valence-electron chi connectivity index (χ2n) is 7.60.